The van der Waals surface area contributed by atoms with Gasteiger partial charge in [-0.2, -0.15) is 5.10 Å². The van der Waals surface area contributed by atoms with E-state index in [0.29, 0.717) is 18.2 Å². The molecule has 0 aliphatic carbocycles. The molecule has 3 aromatic heterocycles. The summed E-state index contributed by atoms with van der Waals surface area (Å²) in [5, 5.41) is 10.3. The average molecular weight is 443 g/mol. The molecule has 0 fully saturated rings. The van der Waals surface area contributed by atoms with Crippen LogP contribution in [0.5, 0.6) is 0 Å². The maximum atomic E-state index is 12.6. The van der Waals surface area contributed by atoms with Crippen LogP contribution in [-0.2, 0) is 26.6 Å². The van der Waals surface area contributed by atoms with Crippen LogP contribution in [0.1, 0.15) is 40.3 Å². The smallest absolute Gasteiger partial charge is 0.271 e. The Labute approximate surface area is 191 Å². The van der Waals surface area contributed by atoms with Crippen molar-refractivity contribution in [2.45, 2.75) is 39.3 Å². The van der Waals surface area contributed by atoms with E-state index in [2.05, 4.69) is 41.3 Å². The molecule has 0 saturated carbocycles. The maximum Gasteiger partial charge on any atom is 0.271 e. The Balaban J connectivity index is 1.26. The molecule has 5 rings (SSSR count). The van der Waals surface area contributed by atoms with Crippen molar-refractivity contribution in [3.05, 3.63) is 71.7 Å². The van der Waals surface area contributed by atoms with Crippen molar-refractivity contribution in [3.63, 3.8) is 0 Å². The molecule has 0 unspecified atom stereocenters. The number of anilines is 2. The molecular weight excluding hydrogens is 416 g/mol. The largest absolute Gasteiger partial charge is 0.347 e. The Hall–Kier alpha value is -4.01. The molecule has 0 spiro atoms. The van der Waals surface area contributed by atoms with Crippen LogP contribution in [0.3, 0.4) is 0 Å². The van der Waals surface area contributed by atoms with Gasteiger partial charge in [0.2, 0.25) is 5.95 Å². The lowest BCUT2D eigenvalue weighted by Gasteiger charge is -2.11. The summed E-state index contributed by atoms with van der Waals surface area (Å²) in [7, 11) is 1.86. The number of imidazole rings is 1. The molecule has 9 heteroatoms. The van der Waals surface area contributed by atoms with Crippen LogP contribution in [0.25, 0.3) is 11.3 Å². The van der Waals surface area contributed by atoms with Gasteiger partial charge in [-0.3, -0.25) is 9.48 Å². The fraction of sp³-hybridized carbons (Fsp3) is 0.292. The van der Waals surface area contributed by atoms with Crippen molar-refractivity contribution < 1.29 is 4.79 Å². The minimum atomic E-state index is -0.137. The Morgan fingerprint density at radius 3 is 2.85 bits per heavy atom. The number of rotatable bonds is 6. The summed E-state index contributed by atoms with van der Waals surface area (Å²) in [5.74, 6) is 1.38. The van der Waals surface area contributed by atoms with Crippen LogP contribution in [0.2, 0.25) is 0 Å². The molecule has 4 aromatic rings. The molecule has 2 N–H and O–H groups in total. The van der Waals surface area contributed by atoms with E-state index in [9.17, 15) is 4.79 Å². The molecular formula is C24H26N8O. The predicted molar refractivity (Wildman–Crippen MR) is 125 cm³/mol. The fourth-order valence-electron chi connectivity index (χ4n) is 4.04. The standard InChI is InChI=1S/C24H26N8O/c1-16-11-17(20-8-9-25-24(30-20)28-19-13-27-31(2)14-19)6-7-18(16)12-26-23(33)21-15-32-10-4-3-5-22(32)29-21/h6-9,11,13-15H,3-5,10,12H2,1-2H3,(H,26,33)(H,25,28,30). The summed E-state index contributed by atoms with van der Waals surface area (Å²) < 4.78 is 3.81. The van der Waals surface area contributed by atoms with Crippen molar-refractivity contribution in [2.24, 2.45) is 7.05 Å². The lowest BCUT2D eigenvalue weighted by Crippen LogP contribution is -2.23. The predicted octanol–water partition coefficient (Wildman–Crippen LogP) is 3.39. The van der Waals surface area contributed by atoms with Crippen LogP contribution < -0.4 is 10.6 Å². The topological polar surface area (TPSA) is 103 Å². The monoisotopic (exact) mass is 442 g/mol. The third kappa shape index (κ3) is 4.62. The first-order chi connectivity index (χ1) is 16.0. The Morgan fingerprint density at radius 1 is 1.15 bits per heavy atom. The first-order valence-electron chi connectivity index (χ1n) is 11.1. The van der Waals surface area contributed by atoms with E-state index in [1.165, 1.54) is 0 Å². The SMILES string of the molecule is Cc1cc(-c2ccnc(Nc3cnn(C)c3)n2)ccc1CNC(=O)c1cn2c(n1)CCCC2. The van der Waals surface area contributed by atoms with E-state index >= 15 is 0 Å². The highest BCUT2D eigenvalue weighted by molar-refractivity contribution is 5.92. The second-order valence-corrected chi connectivity index (χ2v) is 8.31. The van der Waals surface area contributed by atoms with Gasteiger partial charge in [-0.05, 0) is 43.0 Å². The number of aryl methyl sites for hydroxylation is 4. The van der Waals surface area contributed by atoms with E-state index in [1.807, 2.05) is 44.6 Å². The van der Waals surface area contributed by atoms with Gasteiger partial charge in [0.15, 0.2) is 0 Å². The first kappa shape index (κ1) is 20.9. The number of amides is 1. The lowest BCUT2D eigenvalue weighted by molar-refractivity contribution is 0.0946. The van der Waals surface area contributed by atoms with Crippen LogP contribution >= 0.6 is 0 Å². The quantitative estimate of drug-likeness (QED) is 0.475. The van der Waals surface area contributed by atoms with Gasteiger partial charge in [-0.25, -0.2) is 15.0 Å². The molecule has 9 nitrogen and oxygen atoms in total. The van der Waals surface area contributed by atoms with Crippen molar-refractivity contribution in [3.8, 4) is 11.3 Å². The molecule has 0 radical (unpaired) electrons. The van der Waals surface area contributed by atoms with Crippen molar-refractivity contribution in [1.82, 2.24) is 34.6 Å². The summed E-state index contributed by atoms with van der Waals surface area (Å²) in [6.45, 7) is 3.43. The molecule has 1 amide bonds. The molecule has 4 heterocycles. The van der Waals surface area contributed by atoms with E-state index in [4.69, 9.17) is 0 Å². The Kier molecular flexibility index (Phi) is 5.60. The third-order valence-corrected chi connectivity index (χ3v) is 5.84. The number of carbonyl (C=O) groups is 1. The highest BCUT2D eigenvalue weighted by Crippen LogP contribution is 2.22. The normalized spacial score (nSPS) is 12.9. The van der Waals surface area contributed by atoms with Crippen molar-refractivity contribution in [2.75, 3.05) is 5.32 Å². The van der Waals surface area contributed by atoms with E-state index < -0.39 is 0 Å². The molecule has 1 aliphatic heterocycles. The molecule has 1 aliphatic rings. The summed E-state index contributed by atoms with van der Waals surface area (Å²) in [6.07, 6.45) is 10.4. The summed E-state index contributed by atoms with van der Waals surface area (Å²) in [5.41, 5.74) is 5.27. The first-order valence-corrected chi connectivity index (χ1v) is 11.1. The maximum absolute atomic E-state index is 12.6. The van der Waals surface area contributed by atoms with Crippen molar-refractivity contribution >= 4 is 17.5 Å². The van der Waals surface area contributed by atoms with E-state index in [-0.39, 0.29) is 5.91 Å². The number of nitrogens with one attached hydrogen (secondary N) is 2. The van der Waals surface area contributed by atoms with E-state index in [0.717, 1.165) is 59.7 Å². The molecule has 1 aromatic carbocycles. The van der Waals surface area contributed by atoms with Crippen LogP contribution in [0.4, 0.5) is 11.6 Å². The summed E-state index contributed by atoms with van der Waals surface area (Å²) >= 11 is 0. The molecule has 0 saturated heterocycles. The van der Waals surface area contributed by atoms with Crippen molar-refractivity contribution in [1.29, 1.82) is 0 Å². The highest BCUT2D eigenvalue weighted by atomic mass is 16.1. The number of hydrogen-bond acceptors (Lipinski definition) is 6. The van der Waals surface area contributed by atoms with E-state index in [1.54, 1.807) is 17.1 Å². The number of nitrogens with zero attached hydrogens (tertiary/aromatic N) is 6. The molecule has 168 valence electrons. The minimum absolute atomic E-state index is 0.137. The number of benzene rings is 1. The highest BCUT2D eigenvalue weighted by Gasteiger charge is 2.17. The number of carbonyl (C=O) groups excluding carboxylic acids is 1. The van der Waals surface area contributed by atoms with Gasteiger partial charge in [0.05, 0.1) is 17.6 Å². The van der Waals surface area contributed by atoms with Gasteiger partial charge in [0.1, 0.15) is 11.5 Å². The fourth-order valence-corrected chi connectivity index (χ4v) is 4.04. The zero-order valence-corrected chi connectivity index (χ0v) is 18.7. The third-order valence-electron chi connectivity index (χ3n) is 5.84. The van der Waals surface area contributed by atoms with Crippen LogP contribution in [-0.4, -0.2) is 35.2 Å². The number of hydrogen-bond donors (Lipinski definition) is 2. The number of aromatic nitrogens is 6. The lowest BCUT2D eigenvalue weighted by atomic mass is 10.0. The Bertz CT molecular complexity index is 1280. The minimum Gasteiger partial charge on any atom is -0.347 e. The second kappa shape index (κ2) is 8.85. The Morgan fingerprint density at radius 2 is 2.06 bits per heavy atom. The summed E-state index contributed by atoms with van der Waals surface area (Å²) in [6, 6.07) is 8.00. The zero-order valence-electron chi connectivity index (χ0n) is 18.7. The second-order valence-electron chi connectivity index (χ2n) is 8.31. The van der Waals surface area contributed by atoms with Gasteiger partial charge < -0.3 is 15.2 Å². The van der Waals surface area contributed by atoms with Crippen LogP contribution in [0, 0.1) is 6.92 Å². The van der Waals surface area contributed by atoms with Gasteiger partial charge in [0.25, 0.3) is 5.91 Å². The summed E-state index contributed by atoms with van der Waals surface area (Å²) in [4.78, 5) is 26.0. The molecule has 0 atom stereocenters. The molecule has 33 heavy (non-hydrogen) atoms. The van der Waals surface area contributed by atoms with Gasteiger partial charge in [-0.1, -0.05) is 12.1 Å². The zero-order chi connectivity index (χ0) is 22.8. The van der Waals surface area contributed by atoms with Crippen LogP contribution in [0.15, 0.2) is 49.1 Å². The van der Waals surface area contributed by atoms with Gasteiger partial charge in [0, 0.05) is 50.7 Å². The number of fused-ring (bicyclic) bond motifs is 1. The average Bonchev–Trinajstić information content (AvgIpc) is 3.44. The van der Waals surface area contributed by atoms with Gasteiger partial charge >= 0.3 is 0 Å². The molecule has 0 bridgehead atoms. The van der Waals surface area contributed by atoms with Gasteiger partial charge in [-0.15, -0.1) is 0 Å².